The van der Waals surface area contributed by atoms with Crippen molar-refractivity contribution >= 4 is 16.0 Å². The fraction of sp³-hybridized carbons (Fsp3) is 0.333. The van der Waals surface area contributed by atoms with Gasteiger partial charge in [-0.1, -0.05) is 18.2 Å². The van der Waals surface area contributed by atoms with Gasteiger partial charge in [-0.25, -0.2) is 13.1 Å². The molecule has 0 aliphatic heterocycles. The number of guanidine groups is 1. The lowest BCUT2D eigenvalue weighted by Crippen LogP contribution is -2.40. The minimum atomic E-state index is -3.56. The Balaban J connectivity index is 1.74. The van der Waals surface area contributed by atoms with Gasteiger partial charge in [-0.2, -0.15) is 0 Å². The number of aliphatic imine (C=N–C) groups is 1. The van der Waals surface area contributed by atoms with Crippen molar-refractivity contribution in [3.63, 3.8) is 0 Å². The first kappa shape index (κ1) is 20.7. The number of ether oxygens (including phenoxy) is 1. The fourth-order valence-corrected chi connectivity index (χ4v) is 3.12. The molecule has 1 heterocycles. The number of benzene rings is 1. The van der Waals surface area contributed by atoms with Crippen LogP contribution < -0.4 is 20.1 Å². The second-order valence-corrected chi connectivity index (χ2v) is 7.20. The van der Waals surface area contributed by atoms with E-state index in [1.165, 1.54) is 18.5 Å². The van der Waals surface area contributed by atoms with Gasteiger partial charge in [0, 0.05) is 25.5 Å². The van der Waals surface area contributed by atoms with Crippen LogP contribution in [0.25, 0.3) is 0 Å². The Morgan fingerprint density at radius 2 is 1.93 bits per heavy atom. The van der Waals surface area contributed by atoms with Crippen LogP contribution in [0.2, 0.25) is 0 Å². The Bertz CT molecular complexity index is 798. The highest BCUT2D eigenvalue weighted by atomic mass is 32.2. The third-order valence-electron chi connectivity index (χ3n) is 3.37. The number of rotatable bonds is 10. The molecule has 0 aliphatic carbocycles. The first-order valence-corrected chi connectivity index (χ1v) is 10.2. The highest BCUT2D eigenvalue weighted by molar-refractivity contribution is 7.89. The third kappa shape index (κ3) is 7.63. The zero-order valence-corrected chi connectivity index (χ0v) is 16.1. The molecule has 0 amide bonds. The van der Waals surface area contributed by atoms with E-state index in [0.29, 0.717) is 32.2 Å². The van der Waals surface area contributed by atoms with Gasteiger partial charge in [0.15, 0.2) is 5.96 Å². The Morgan fingerprint density at radius 3 is 2.63 bits per heavy atom. The molecule has 146 valence electrons. The Kier molecular flexibility index (Phi) is 8.53. The fourth-order valence-electron chi connectivity index (χ4n) is 2.13. The van der Waals surface area contributed by atoms with Gasteiger partial charge in [-0.05, 0) is 31.2 Å². The van der Waals surface area contributed by atoms with Crippen LogP contribution in [0.4, 0.5) is 0 Å². The number of hydrogen-bond donors (Lipinski definition) is 3. The molecule has 0 saturated heterocycles. The van der Waals surface area contributed by atoms with Crippen LogP contribution in [0.15, 0.2) is 64.7 Å². The van der Waals surface area contributed by atoms with E-state index in [4.69, 9.17) is 4.74 Å². The molecular weight excluding hydrogens is 366 g/mol. The lowest BCUT2D eigenvalue weighted by atomic mass is 10.3. The average molecular weight is 391 g/mol. The zero-order chi connectivity index (χ0) is 19.4. The molecule has 0 spiro atoms. The molecular formula is C18H25N5O3S. The van der Waals surface area contributed by atoms with Crippen LogP contribution in [0.3, 0.4) is 0 Å². The van der Waals surface area contributed by atoms with Gasteiger partial charge in [-0.3, -0.25) is 9.98 Å². The van der Waals surface area contributed by atoms with Gasteiger partial charge in [-0.15, -0.1) is 0 Å². The number of nitrogens with one attached hydrogen (secondary N) is 3. The van der Waals surface area contributed by atoms with E-state index in [2.05, 4.69) is 25.3 Å². The molecule has 0 unspecified atom stereocenters. The van der Waals surface area contributed by atoms with E-state index < -0.39 is 10.0 Å². The molecule has 1 aromatic carbocycles. The molecule has 0 saturated carbocycles. The number of para-hydroxylation sites is 1. The van der Waals surface area contributed by atoms with Crippen molar-refractivity contribution in [2.45, 2.75) is 11.8 Å². The van der Waals surface area contributed by atoms with Crippen LogP contribution in [0.1, 0.15) is 6.92 Å². The normalized spacial score (nSPS) is 11.8. The Labute approximate surface area is 160 Å². The second kappa shape index (κ2) is 11.1. The summed E-state index contributed by atoms with van der Waals surface area (Å²) in [6.07, 6.45) is 2.84. The maximum absolute atomic E-state index is 12.1. The monoisotopic (exact) mass is 391 g/mol. The third-order valence-corrected chi connectivity index (χ3v) is 4.82. The predicted molar refractivity (Wildman–Crippen MR) is 105 cm³/mol. The highest BCUT2D eigenvalue weighted by Crippen LogP contribution is 2.07. The molecule has 2 aromatic rings. The summed E-state index contributed by atoms with van der Waals surface area (Å²) in [6, 6.07) is 12.6. The topological polar surface area (TPSA) is 105 Å². The summed E-state index contributed by atoms with van der Waals surface area (Å²) in [5.41, 5.74) is 0. The SMILES string of the molecule is CCNC(=NCCNS(=O)(=O)c1cccnc1)NCCOc1ccccc1. The average Bonchev–Trinajstić information content (AvgIpc) is 2.70. The van der Waals surface area contributed by atoms with E-state index in [1.54, 1.807) is 6.07 Å². The summed E-state index contributed by atoms with van der Waals surface area (Å²) in [6.45, 7) is 4.21. The van der Waals surface area contributed by atoms with Crippen LogP contribution in [-0.4, -0.2) is 52.1 Å². The van der Waals surface area contributed by atoms with Crippen LogP contribution in [0, 0.1) is 0 Å². The second-order valence-electron chi connectivity index (χ2n) is 5.44. The predicted octanol–water partition coefficient (Wildman–Crippen LogP) is 0.994. The Hall–Kier alpha value is -2.65. The summed E-state index contributed by atoms with van der Waals surface area (Å²) in [5.74, 6) is 1.42. The molecule has 8 nitrogen and oxygen atoms in total. The smallest absolute Gasteiger partial charge is 0.242 e. The van der Waals surface area contributed by atoms with Gasteiger partial charge < -0.3 is 15.4 Å². The summed E-state index contributed by atoms with van der Waals surface area (Å²) in [5, 5.41) is 6.25. The molecule has 9 heteroatoms. The number of aromatic nitrogens is 1. The van der Waals surface area contributed by atoms with Crippen molar-refractivity contribution in [1.82, 2.24) is 20.3 Å². The van der Waals surface area contributed by atoms with Gasteiger partial charge in [0.25, 0.3) is 0 Å². The number of sulfonamides is 1. The van der Waals surface area contributed by atoms with Crippen LogP contribution >= 0.6 is 0 Å². The maximum Gasteiger partial charge on any atom is 0.242 e. The molecule has 0 radical (unpaired) electrons. The largest absolute Gasteiger partial charge is 0.492 e. The van der Waals surface area contributed by atoms with Gasteiger partial charge in [0.05, 0.1) is 13.1 Å². The van der Waals surface area contributed by atoms with Crippen molar-refractivity contribution in [3.8, 4) is 5.75 Å². The van der Waals surface area contributed by atoms with E-state index in [-0.39, 0.29) is 11.4 Å². The molecule has 1 aromatic heterocycles. The van der Waals surface area contributed by atoms with Gasteiger partial charge >= 0.3 is 0 Å². The number of hydrogen-bond acceptors (Lipinski definition) is 5. The molecule has 0 atom stereocenters. The molecule has 0 aliphatic rings. The lowest BCUT2D eigenvalue weighted by molar-refractivity contribution is 0.322. The van der Waals surface area contributed by atoms with Crippen molar-refractivity contribution in [2.24, 2.45) is 4.99 Å². The summed E-state index contributed by atoms with van der Waals surface area (Å²) in [4.78, 5) is 8.30. The summed E-state index contributed by atoms with van der Waals surface area (Å²) >= 11 is 0. The van der Waals surface area contributed by atoms with Crippen LogP contribution in [-0.2, 0) is 10.0 Å². The first-order chi connectivity index (χ1) is 13.1. The minimum absolute atomic E-state index is 0.136. The standard InChI is InChI=1S/C18H25N5O3S/c1-2-20-18(22-13-14-26-16-7-4-3-5-8-16)21-11-12-23-27(24,25)17-9-6-10-19-15-17/h3-10,15,23H,2,11-14H2,1H3,(H2,20,21,22). The molecule has 27 heavy (non-hydrogen) atoms. The summed E-state index contributed by atoms with van der Waals surface area (Å²) in [7, 11) is -3.56. The van der Waals surface area contributed by atoms with Crippen molar-refractivity contribution in [3.05, 3.63) is 54.9 Å². The van der Waals surface area contributed by atoms with Crippen LogP contribution in [0.5, 0.6) is 5.75 Å². The minimum Gasteiger partial charge on any atom is -0.492 e. The van der Waals surface area contributed by atoms with Crippen molar-refractivity contribution in [2.75, 3.05) is 32.8 Å². The van der Waals surface area contributed by atoms with E-state index in [0.717, 1.165) is 5.75 Å². The van der Waals surface area contributed by atoms with E-state index >= 15 is 0 Å². The highest BCUT2D eigenvalue weighted by Gasteiger charge is 2.12. The number of nitrogens with zero attached hydrogens (tertiary/aromatic N) is 2. The quantitative estimate of drug-likeness (QED) is 0.317. The number of pyridine rings is 1. The zero-order valence-electron chi connectivity index (χ0n) is 15.3. The maximum atomic E-state index is 12.1. The van der Waals surface area contributed by atoms with Gasteiger partial charge in [0.1, 0.15) is 17.3 Å². The van der Waals surface area contributed by atoms with Crippen molar-refractivity contribution in [1.29, 1.82) is 0 Å². The van der Waals surface area contributed by atoms with Crippen molar-refractivity contribution < 1.29 is 13.2 Å². The Morgan fingerprint density at radius 1 is 1.11 bits per heavy atom. The first-order valence-electron chi connectivity index (χ1n) is 8.71. The lowest BCUT2D eigenvalue weighted by Gasteiger charge is -2.12. The summed E-state index contributed by atoms with van der Waals surface area (Å²) < 4.78 is 32.3. The molecule has 0 bridgehead atoms. The molecule has 3 N–H and O–H groups in total. The van der Waals surface area contributed by atoms with Gasteiger partial charge in [0.2, 0.25) is 10.0 Å². The van der Waals surface area contributed by atoms with E-state index in [1.807, 2.05) is 37.3 Å². The molecule has 0 fully saturated rings. The molecule has 2 rings (SSSR count). The van der Waals surface area contributed by atoms with E-state index in [9.17, 15) is 8.42 Å².